The standard InChI is InChI=1S/C14H20N2O4/c1-9-11(10(2)20-15-9)8-12(17)16-6-4-14(3,5-7-16)13(18)19/h4-8H2,1-3H3,(H,18,19). The van der Waals surface area contributed by atoms with Crippen LogP contribution in [-0.2, 0) is 16.0 Å². The van der Waals surface area contributed by atoms with E-state index in [-0.39, 0.29) is 12.3 Å². The van der Waals surface area contributed by atoms with Crippen LogP contribution in [0.25, 0.3) is 0 Å². The molecule has 2 rings (SSSR count). The maximum atomic E-state index is 12.3. The van der Waals surface area contributed by atoms with Gasteiger partial charge in [-0.25, -0.2) is 0 Å². The number of carboxylic acids is 1. The first-order valence-corrected chi connectivity index (χ1v) is 6.76. The highest BCUT2D eigenvalue weighted by Crippen LogP contribution is 2.31. The van der Waals surface area contributed by atoms with Gasteiger partial charge in [0.05, 0.1) is 17.5 Å². The topological polar surface area (TPSA) is 83.6 Å². The van der Waals surface area contributed by atoms with Crippen LogP contribution in [0.15, 0.2) is 4.52 Å². The number of piperidine rings is 1. The summed E-state index contributed by atoms with van der Waals surface area (Å²) in [5.41, 5.74) is 0.865. The van der Waals surface area contributed by atoms with Gasteiger partial charge in [0.25, 0.3) is 0 Å². The number of hydrogen-bond donors (Lipinski definition) is 1. The summed E-state index contributed by atoms with van der Waals surface area (Å²) in [6.07, 6.45) is 1.26. The lowest BCUT2D eigenvalue weighted by Crippen LogP contribution is -2.45. The van der Waals surface area contributed by atoms with Gasteiger partial charge in [0.1, 0.15) is 5.76 Å². The van der Waals surface area contributed by atoms with Gasteiger partial charge in [0.2, 0.25) is 5.91 Å². The fraction of sp³-hybridized carbons (Fsp3) is 0.643. The summed E-state index contributed by atoms with van der Waals surface area (Å²) >= 11 is 0. The van der Waals surface area contributed by atoms with E-state index in [4.69, 9.17) is 4.52 Å². The zero-order valence-electron chi connectivity index (χ0n) is 12.1. The Morgan fingerprint density at radius 2 is 1.95 bits per heavy atom. The predicted molar refractivity (Wildman–Crippen MR) is 71.2 cm³/mol. The number of carbonyl (C=O) groups excluding carboxylic acids is 1. The Kier molecular flexibility index (Phi) is 3.83. The van der Waals surface area contributed by atoms with E-state index in [1.807, 2.05) is 6.92 Å². The largest absolute Gasteiger partial charge is 0.481 e. The van der Waals surface area contributed by atoms with E-state index >= 15 is 0 Å². The molecule has 1 fully saturated rings. The molecule has 0 saturated carbocycles. The Morgan fingerprint density at radius 1 is 1.35 bits per heavy atom. The lowest BCUT2D eigenvalue weighted by Gasteiger charge is -2.36. The van der Waals surface area contributed by atoms with E-state index in [9.17, 15) is 14.7 Å². The van der Waals surface area contributed by atoms with Crippen molar-refractivity contribution < 1.29 is 19.2 Å². The molecule has 1 aliphatic heterocycles. The zero-order valence-corrected chi connectivity index (χ0v) is 12.1. The molecule has 1 amide bonds. The Morgan fingerprint density at radius 3 is 2.40 bits per heavy atom. The number of amides is 1. The summed E-state index contributed by atoms with van der Waals surface area (Å²) in [4.78, 5) is 25.2. The summed E-state index contributed by atoms with van der Waals surface area (Å²) in [6, 6.07) is 0. The molecule has 1 N–H and O–H groups in total. The van der Waals surface area contributed by atoms with Crippen LogP contribution in [0.1, 0.15) is 36.8 Å². The van der Waals surface area contributed by atoms with E-state index < -0.39 is 11.4 Å². The number of aromatic nitrogens is 1. The molecule has 0 unspecified atom stereocenters. The van der Waals surface area contributed by atoms with Gasteiger partial charge in [-0.3, -0.25) is 9.59 Å². The molecule has 6 nitrogen and oxygen atoms in total. The number of rotatable bonds is 3. The quantitative estimate of drug-likeness (QED) is 0.908. The molecule has 0 atom stereocenters. The van der Waals surface area contributed by atoms with Crippen LogP contribution in [0.3, 0.4) is 0 Å². The van der Waals surface area contributed by atoms with Crippen LogP contribution in [0.5, 0.6) is 0 Å². The fourth-order valence-corrected chi connectivity index (χ4v) is 2.48. The lowest BCUT2D eigenvalue weighted by molar-refractivity contribution is -0.152. The van der Waals surface area contributed by atoms with Crippen molar-refractivity contribution in [3.8, 4) is 0 Å². The molecule has 110 valence electrons. The van der Waals surface area contributed by atoms with E-state index in [1.54, 1.807) is 18.7 Å². The highest BCUT2D eigenvalue weighted by molar-refractivity contribution is 5.80. The molecule has 1 saturated heterocycles. The molecule has 20 heavy (non-hydrogen) atoms. The minimum absolute atomic E-state index is 0.00633. The molecule has 0 aromatic carbocycles. The van der Waals surface area contributed by atoms with Crippen molar-refractivity contribution in [1.82, 2.24) is 10.1 Å². The molecule has 6 heteroatoms. The summed E-state index contributed by atoms with van der Waals surface area (Å²) in [5, 5.41) is 13.0. The molecule has 1 aromatic heterocycles. The second-order valence-electron chi connectivity index (χ2n) is 5.73. The van der Waals surface area contributed by atoms with Gasteiger partial charge in [-0.2, -0.15) is 0 Å². The number of aliphatic carboxylic acids is 1. The van der Waals surface area contributed by atoms with Crippen molar-refractivity contribution in [2.45, 2.75) is 40.0 Å². The average molecular weight is 280 g/mol. The zero-order chi connectivity index (χ0) is 14.9. The van der Waals surface area contributed by atoms with Crippen LogP contribution in [0, 0.1) is 19.3 Å². The Balaban J connectivity index is 1.98. The Hall–Kier alpha value is -1.85. The minimum Gasteiger partial charge on any atom is -0.481 e. The van der Waals surface area contributed by atoms with E-state index in [1.165, 1.54) is 0 Å². The van der Waals surface area contributed by atoms with Crippen LogP contribution >= 0.6 is 0 Å². The first-order valence-electron chi connectivity index (χ1n) is 6.76. The third-order valence-corrected chi connectivity index (χ3v) is 4.25. The van der Waals surface area contributed by atoms with Crippen LogP contribution < -0.4 is 0 Å². The second-order valence-corrected chi connectivity index (χ2v) is 5.73. The van der Waals surface area contributed by atoms with Crippen molar-refractivity contribution in [1.29, 1.82) is 0 Å². The number of likely N-dealkylation sites (tertiary alicyclic amines) is 1. The summed E-state index contributed by atoms with van der Waals surface area (Å²) in [7, 11) is 0. The monoisotopic (exact) mass is 280 g/mol. The summed E-state index contributed by atoms with van der Waals surface area (Å²) in [5.74, 6) is -0.106. The van der Waals surface area contributed by atoms with Crippen molar-refractivity contribution in [2.75, 3.05) is 13.1 Å². The smallest absolute Gasteiger partial charge is 0.309 e. The molecular weight excluding hydrogens is 260 g/mol. The van der Waals surface area contributed by atoms with Crippen molar-refractivity contribution in [3.05, 3.63) is 17.0 Å². The van der Waals surface area contributed by atoms with Gasteiger partial charge >= 0.3 is 5.97 Å². The molecule has 1 aliphatic rings. The lowest BCUT2D eigenvalue weighted by atomic mass is 9.80. The second kappa shape index (κ2) is 5.26. The predicted octanol–water partition coefficient (Wildman–Crippen LogP) is 1.55. The first kappa shape index (κ1) is 14.6. The molecule has 0 radical (unpaired) electrons. The highest BCUT2D eigenvalue weighted by atomic mass is 16.5. The minimum atomic E-state index is -0.782. The van der Waals surface area contributed by atoms with E-state index in [2.05, 4.69) is 5.16 Å². The Labute approximate surface area is 117 Å². The SMILES string of the molecule is Cc1noc(C)c1CC(=O)N1CCC(C)(C(=O)O)CC1. The van der Waals surface area contributed by atoms with E-state index in [0.717, 1.165) is 11.3 Å². The van der Waals surface area contributed by atoms with Crippen molar-refractivity contribution in [2.24, 2.45) is 5.41 Å². The Bertz CT molecular complexity index is 508. The van der Waals surface area contributed by atoms with Gasteiger partial charge < -0.3 is 14.5 Å². The summed E-state index contributed by atoms with van der Waals surface area (Å²) in [6.45, 7) is 6.33. The number of carboxylic acid groups (broad SMARTS) is 1. The van der Waals surface area contributed by atoms with Gasteiger partial charge in [-0.15, -0.1) is 0 Å². The third kappa shape index (κ3) is 2.69. The van der Waals surface area contributed by atoms with Crippen LogP contribution in [0.4, 0.5) is 0 Å². The van der Waals surface area contributed by atoms with Gasteiger partial charge in [0, 0.05) is 18.7 Å². The fourth-order valence-electron chi connectivity index (χ4n) is 2.48. The summed E-state index contributed by atoms with van der Waals surface area (Å²) < 4.78 is 5.05. The highest BCUT2D eigenvalue weighted by Gasteiger charge is 2.38. The van der Waals surface area contributed by atoms with Crippen molar-refractivity contribution >= 4 is 11.9 Å². The van der Waals surface area contributed by atoms with Gasteiger partial charge in [0.15, 0.2) is 0 Å². The van der Waals surface area contributed by atoms with Gasteiger partial charge in [-0.05, 0) is 33.6 Å². The molecule has 1 aromatic rings. The molecule has 2 heterocycles. The van der Waals surface area contributed by atoms with Crippen LogP contribution in [0.2, 0.25) is 0 Å². The molecule has 0 bridgehead atoms. The maximum absolute atomic E-state index is 12.3. The van der Waals surface area contributed by atoms with Gasteiger partial charge in [-0.1, -0.05) is 5.16 Å². The number of aryl methyl sites for hydroxylation is 2. The third-order valence-electron chi connectivity index (χ3n) is 4.25. The van der Waals surface area contributed by atoms with Crippen LogP contribution in [-0.4, -0.2) is 40.1 Å². The van der Waals surface area contributed by atoms with E-state index in [0.29, 0.717) is 31.7 Å². The van der Waals surface area contributed by atoms with Crippen molar-refractivity contribution in [3.63, 3.8) is 0 Å². The normalized spacial score (nSPS) is 18.1. The maximum Gasteiger partial charge on any atom is 0.309 e. The molecular formula is C14H20N2O4. The molecule has 0 aliphatic carbocycles. The average Bonchev–Trinajstić information content (AvgIpc) is 2.71. The number of nitrogens with zero attached hydrogens (tertiary/aromatic N) is 2. The first-order chi connectivity index (χ1) is 9.33. The molecule has 0 spiro atoms. The number of carbonyl (C=O) groups is 2. The number of hydrogen-bond acceptors (Lipinski definition) is 4.